The zero-order valence-electron chi connectivity index (χ0n) is 7.03. The second-order valence-electron chi connectivity index (χ2n) is 2.90. The minimum atomic E-state index is -3.28. The van der Waals surface area contributed by atoms with Gasteiger partial charge in [-0.05, 0) is 20.8 Å². The summed E-state index contributed by atoms with van der Waals surface area (Å²) in [6, 6.07) is -0.112. The summed E-state index contributed by atoms with van der Waals surface area (Å²) in [6.45, 7) is 4.92. The van der Waals surface area contributed by atoms with Crippen molar-refractivity contribution in [1.82, 2.24) is 4.72 Å². The second-order valence-corrected chi connectivity index (χ2v) is 4.70. The van der Waals surface area contributed by atoms with Crippen LogP contribution in [-0.4, -0.2) is 31.4 Å². The van der Waals surface area contributed by atoms with Gasteiger partial charge in [0, 0.05) is 6.04 Å². The molecule has 1 atom stereocenters. The lowest BCUT2D eigenvalue weighted by Gasteiger charge is -2.10. The Morgan fingerprint density at radius 3 is 2.09 bits per heavy atom. The molecule has 0 rings (SSSR count). The maximum atomic E-state index is 11.0. The van der Waals surface area contributed by atoms with Gasteiger partial charge in [-0.25, -0.2) is 13.1 Å². The van der Waals surface area contributed by atoms with Crippen LogP contribution in [-0.2, 0) is 10.0 Å². The molecule has 0 radical (unpaired) electrons. The van der Waals surface area contributed by atoms with E-state index in [2.05, 4.69) is 4.72 Å². The van der Waals surface area contributed by atoms with Gasteiger partial charge in [-0.3, -0.25) is 0 Å². The van der Waals surface area contributed by atoms with Crippen LogP contribution in [0.2, 0.25) is 0 Å². The highest BCUT2D eigenvalue weighted by Gasteiger charge is 2.14. The van der Waals surface area contributed by atoms with Gasteiger partial charge in [-0.2, -0.15) is 0 Å². The SMILES string of the molecule is CC(O)CS(=O)(=O)NC(C)C. The normalized spacial score (nSPS) is 15.4. The number of aliphatic hydroxyl groups excluding tert-OH is 1. The van der Waals surface area contributed by atoms with Gasteiger partial charge in [0.05, 0.1) is 11.9 Å². The number of aliphatic hydroxyl groups is 1. The highest BCUT2D eigenvalue weighted by atomic mass is 32.2. The molecule has 0 aliphatic rings. The molecule has 5 heteroatoms. The molecular formula is C6H15NO3S. The number of sulfonamides is 1. The standard InChI is InChI=1S/C6H15NO3S/c1-5(2)7-11(9,10)4-6(3)8/h5-8H,4H2,1-3H3. The van der Waals surface area contributed by atoms with E-state index in [0.717, 1.165) is 0 Å². The predicted octanol–water partition coefficient (Wildman–Crippen LogP) is -0.305. The number of hydrogen-bond donors (Lipinski definition) is 2. The van der Waals surface area contributed by atoms with Crippen molar-refractivity contribution >= 4 is 10.0 Å². The molecule has 0 saturated carbocycles. The number of rotatable bonds is 4. The molecule has 68 valence electrons. The summed E-state index contributed by atoms with van der Waals surface area (Å²) in [5.74, 6) is -0.231. The van der Waals surface area contributed by atoms with Crippen molar-refractivity contribution in [2.45, 2.75) is 32.9 Å². The lowest BCUT2D eigenvalue weighted by molar-refractivity contribution is 0.217. The molecule has 11 heavy (non-hydrogen) atoms. The summed E-state index contributed by atoms with van der Waals surface area (Å²) < 4.78 is 24.3. The van der Waals surface area contributed by atoms with Crippen molar-refractivity contribution in [2.24, 2.45) is 0 Å². The van der Waals surface area contributed by atoms with E-state index in [0.29, 0.717) is 0 Å². The van der Waals surface area contributed by atoms with E-state index in [1.54, 1.807) is 13.8 Å². The quantitative estimate of drug-likeness (QED) is 0.625. The third-order valence-corrected chi connectivity index (χ3v) is 2.63. The van der Waals surface area contributed by atoms with Crippen molar-refractivity contribution in [3.05, 3.63) is 0 Å². The van der Waals surface area contributed by atoms with Crippen LogP contribution in [0.25, 0.3) is 0 Å². The minimum Gasteiger partial charge on any atom is -0.392 e. The Hall–Kier alpha value is -0.130. The van der Waals surface area contributed by atoms with Crippen LogP contribution in [0.1, 0.15) is 20.8 Å². The molecular weight excluding hydrogens is 166 g/mol. The Morgan fingerprint density at radius 1 is 1.36 bits per heavy atom. The molecule has 0 aliphatic heterocycles. The zero-order valence-corrected chi connectivity index (χ0v) is 7.85. The van der Waals surface area contributed by atoms with E-state index >= 15 is 0 Å². The Kier molecular flexibility index (Phi) is 3.99. The van der Waals surface area contributed by atoms with E-state index < -0.39 is 16.1 Å². The van der Waals surface area contributed by atoms with Gasteiger partial charge in [-0.15, -0.1) is 0 Å². The fraction of sp³-hybridized carbons (Fsp3) is 1.00. The highest BCUT2D eigenvalue weighted by Crippen LogP contribution is 1.91. The molecule has 0 spiro atoms. The second kappa shape index (κ2) is 4.04. The fourth-order valence-electron chi connectivity index (χ4n) is 0.725. The first-order valence-corrected chi connectivity index (χ1v) is 5.17. The predicted molar refractivity (Wildman–Crippen MR) is 43.7 cm³/mol. The molecule has 4 nitrogen and oxygen atoms in total. The molecule has 0 aromatic heterocycles. The van der Waals surface area contributed by atoms with E-state index in [9.17, 15) is 8.42 Å². The van der Waals surface area contributed by atoms with Gasteiger partial charge < -0.3 is 5.11 Å². The third kappa shape index (κ3) is 6.28. The molecule has 0 fully saturated rings. The van der Waals surface area contributed by atoms with Crippen LogP contribution in [0.4, 0.5) is 0 Å². The maximum Gasteiger partial charge on any atom is 0.214 e. The van der Waals surface area contributed by atoms with Crippen molar-refractivity contribution in [3.63, 3.8) is 0 Å². The topological polar surface area (TPSA) is 66.4 Å². The first kappa shape index (κ1) is 10.9. The summed E-state index contributed by atoms with van der Waals surface area (Å²) in [5.41, 5.74) is 0. The summed E-state index contributed by atoms with van der Waals surface area (Å²) in [7, 11) is -3.28. The Morgan fingerprint density at radius 2 is 1.82 bits per heavy atom. The molecule has 0 amide bonds. The van der Waals surface area contributed by atoms with Gasteiger partial charge in [0.2, 0.25) is 10.0 Å². The number of hydrogen-bond acceptors (Lipinski definition) is 3. The largest absolute Gasteiger partial charge is 0.392 e. The van der Waals surface area contributed by atoms with Crippen LogP contribution in [0, 0.1) is 0 Å². The molecule has 0 bridgehead atoms. The zero-order chi connectivity index (χ0) is 9.07. The molecule has 1 unspecified atom stereocenters. The van der Waals surface area contributed by atoms with Gasteiger partial charge in [-0.1, -0.05) is 0 Å². The van der Waals surface area contributed by atoms with Crippen LogP contribution < -0.4 is 4.72 Å². The van der Waals surface area contributed by atoms with Crippen molar-refractivity contribution < 1.29 is 13.5 Å². The summed E-state index contributed by atoms with van der Waals surface area (Å²) in [5, 5.41) is 8.78. The molecule has 0 aliphatic carbocycles. The first-order valence-electron chi connectivity index (χ1n) is 3.51. The average Bonchev–Trinajstić information content (AvgIpc) is 1.53. The van der Waals surface area contributed by atoms with Crippen molar-refractivity contribution in [1.29, 1.82) is 0 Å². The van der Waals surface area contributed by atoms with Crippen molar-refractivity contribution in [2.75, 3.05) is 5.75 Å². The summed E-state index contributed by atoms with van der Waals surface area (Å²) >= 11 is 0. The van der Waals surface area contributed by atoms with E-state index in [-0.39, 0.29) is 11.8 Å². The molecule has 0 heterocycles. The lowest BCUT2D eigenvalue weighted by Crippen LogP contribution is -2.35. The maximum absolute atomic E-state index is 11.0. The Labute approximate surface area is 67.7 Å². The molecule has 0 aromatic rings. The van der Waals surface area contributed by atoms with Gasteiger partial charge >= 0.3 is 0 Å². The Balaban J connectivity index is 4.03. The molecule has 2 N–H and O–H groups in total. The van der Waals surface area contributed by atoms with Gasteiger partial charge in [0.15, 0.2) is 0 Å². The molecule has 0 saturated heterocycles. The minimum absolute atomic E-state index is 0.112. The molecule has 0 aromatic carbocycles. The van der Waals surface area contributed by atoms with E-state index in [4.69, 9.17) is 5.11 Å². The van der Waals surface area contributed by atoms with Gasteiger partial charge in [0.25, 0.3) is 0 Å². The summed E-state index contributed by atoms with van der Waals surface area (Å²) in [4.78, 5) is 0. The van der Waals surface area contributed by atoms with Crippen LogP contribution >= 0.6 is 0 Å². The fourth-order valence-corrected chi connectivity index (χ4v) is 2.17. The van der Waals surface area contributed by atoms with E-state index in [1.165, 1.54) is 6.92 Å². The lowest BCUT2D eigenvalue weighted by atomic mass is 10.4. The summed E-state index contributed by atoms with van der Waals surface area (Å²) in [6.07, 6.45) is -0.814. The number of nitrogens with one attached hydrogen (secondary N) is 1. The van der Waals surface area contributed by atoms with E-state index in [1.807, 2.05) is 0 Å². The highest BCUT2D eigenvalue weighted by molar-refractivity contribution is 7.89. The third-order valence-electron chi connectivity index (χ3n) is 0.876. The van der Waals surface area contributed by atoms with Crippen molar-refractivity contribution in [3.8, 4) is 0 Å². The van der Waals surface area contributed by atoms with Gasteiger partial charge in [0.1, 0.15) is 0 Å². The van der Waals surface area contributed by atoms with Crippen LogP contribution in [0.15, 0.2) is 0 Å². The average molecular weight is 181 g/mol. The monoisotopic (exact) mass is 181 g/mol. The smallest absolute Gasteiger partial charge is 0.214 e. The van der Waals surface area contributed by atoms with Crippen LogP contribution in [0.5, 0.6) is 0 Å². The first-order chi connectivity index (χ1) is 4.83. The van der Waals surface area contributed by atoms with Crippen LogP contribution in [0.3, 0.4) is 0 Å². The Bertz CT molecular complexity index is 180.